The van der Waals surface area contributed by atoms with E-state index in [2.05, 4.69) is 32.6 Å². The summed E-state index contributed by atoms with van der Waals surface area (Å²) >= 11 is 0. The zero-order chi connectivity index (χ0) is 25.7. The van der Waals surface area contributed by atoms with Crippen LogP contribution in [0, 0.1) is 23.7 Å². The number of aliphatic hydroxyl groups excluding tert-OH is 1. The van der Waals surface area contributed by atoms with Crippen LogP contribution in [-0.4, -0.2) is 81.5 Å². The quantitative estimate of drug-likeness (QED) is 0.514. The van der Waals surface area contributed by atoms with Crippen molar-refractivity contribution in [3.63, 3.8) is 0 Å². The molecule has 3 aliphatic heterocycles. The predicted octanol–water partition coefficient (Wildman–Crippen LogP) is 2.39. The van der Waals surface area contributed by atoms with E-state index >= 15 is 0 Å². The number of hydrogen-bond acceptors (Lipinski definition) is 8. The molecule has 10 nitrogen and oxygen atoms in total. The van der Waals surface area contributed by atoms with Crippen LogP contribution < -0.4 is 9.80 Å². The van der Waals surface area contributed by atoms with Gasteiger partial charge in [0.05, 0.1) is 30.1 Å². The third-order valence-electron chi connectivity index (χ3n) is 8.18. The number of nitrogens with one attached hydrogen (secondary N) is 1. The Hall–Kier alpha value is -3.97. The molecule has 5 heterocycles. The highest BCUT2D eigenvalue weighted by molar-refractivity contribution is 5.97. The van der Waals surface area contributed by atoms with Gasteiger partial charge in [0.15, 0.2) is 5.82 Å². The van der Waals surface area contributed by atoms with Gasteiger partial charge in [-0.15, -0.1) is 0 Å². The lowest BCUT2D eigenvalue weighted by Gasteiger charge is -2.47. The molecule has 2 N–H and O–H groups in total. The molecule has 1 atom stereocenters. The van der Waals surface area contributed by atoms with Gasteiger partial charge in [-0.05, 0) is 43.9 Å². The van der Waals surface area contributed by atoms with E-state index in [1.165, 1.54) is 6.08 Å². The first kappa shape index (κ1) is 23.4. The minimum atomic E-state index is -0.0468. The van der Waals surface area contributed by atoms with E-state index < -0.39 is 0 Å². The second kappa shape index (κ2) is 8.85. The van der Waals surface area contributed by atoms with Crippen molar-refractivity contribution in [3.05, 3.63) is 42.1 Å². The fourth-order valence-electron chi connectivity index (χ4n) is 6.23. The number of carbonyl (C=O) groups excluding carboxylic acids is 1. The van der Waals surface area contributed by atoms with Gasteiger partial charge in [0.1, 0.15) is 11.6 Å². The smallest absolute Gasteiger partial charge is 0.245 e. The molecule has 3 saturated heterocycles. The summed E-state index contributed by atoms with van der Waals surface area (Å²) in [7, 11) is 0. The molecule has 0 saturated carbocycles. The third-order valence-corrected chi connectivity index (χ3v) is 8.18. The Kier molecular flexibility index (Phi) is 5.60. The highest BCUT2D eigenvalue weighted by atomic mass is 16.3. The molecule has 1 amide bonds. The molecule has 2 aromatic heterocycles. The molecule has 1 aromatic carbocycles. The zero-order valence-corrected chi connectivity index (χ0v) is 20.9. The van der Waals surface area contributed by atoms with E-state index in [4.69, 9.17) is 9.97 Å². The van der Waals surface area contributed by atoms with E-state index in [0.29, 0.717) is 36.1 Å². The van der Waals surface area contributed by atoms with E-state index in [1.54, 1.807) is 6.20 Å². The van der Waals surface area contributed by atoms with Crippen LogP contribution in [0.4, 0.5) is 11.8 Å². The standard InChI is InChI=1S/C27H30N8O2/c1-3-22(37)34-15-27(16-34)8-10-33(14-27)25-19(11-28)24(23-17(2)6-7-21-20(23)12-29-32-21)30-26(31-25)35-9-4-5-18(35)13-36/h3,6-7,12,18,36H,1,4-5,8-10,13-16H2,2H3,(H,29,32)/t18-/m0/s1. The normalized spacial score (nSPS) is 20.5. The summed E-state index contributed by atoms with van der Waals surface area (Å²) < 4.78 is 0. The average Bonchev–Trinajstić information content (AvgIpc) is 3.65. The number of H-pyrrole nitrogens is 1. The predicted molar refractivity (Wildman–Crippen MR) is 140 cm³/mol. The number of anilines is 2. The maximum Gasteiger partial charge on any atom is 0.245 e. The van der Waals surface area contributed by atoms with Crippen molar-refractivity contribution in [1.29, 1.82) is 5.26 Å². The van der Waals surface area contributed by atoms with Crippen molar-refractivity contribution in [2.75, 3.05) is 49.1 Å². The number of likely N-dealkylation sites (tertiary alicyclic amines) is 1. The van der Waals surface area contributed by atoms with Crippen molar-refractivity contribution < 1.29 is 9.90 Å². The first-order chi connectivity index (χ1) is 18.0. The molecule has 3 aromatic rings. The molecule has 0 unspecified atom stereocenters. The highest BCUT2D eigenvalue weighted by Gasteiger charge is 2.49. The number of benzene rings is 1. The number of fused-ring (bicyclic) bond motifs is 1. The summed E-state index contributed by atoms with van der Waals surface area (Å²) in [6.45, 7) is 9.25. The molecule has 10 heteroatoms. The summed E-state index contributed by atoms with van der Waals surface area (Å²) in [5.74, 6) is 1.12. The van der Waals surface area contributed by atoms with Crippen LogP contribution in [0.5, 0.6) is 0 Å². The lowest BCUT2D eigenvalue weighted by atomic mass is 9.79. The SMILES string of the molecule is C=CC(=O)N1CC2(CCN(c3nc(N4CCC[C@H]4CO)nc(-c4c(C)ccc5[nH]ncc45)c3C#N)C2)C1. The van der Waals surface area contributed by atoms with Crippen molar-refractivity contribution in [2.24, 2.45) is 5.41 Å². The van der Waals surface area contributed by atoms with Gasteiger partial charge in [0, 0.05) is 49.1 Å². The highest BCUT2D eigenvalue weighted by Crippen LogP contribution is 2.44. The molecule has 190 valence electrons. The Bertz CT molecular complexity index is 1430. The van der Waals surface area contributed by atoms with Gasteiger partial charge in [-0.2, -0.15) is 15.3 Å². The van der Waals surface area contributed by atoms with Crippen LogP contribution in [0.15, 0.2) is 31.0 Å². The van der Waals surface area contributed by atoms with Gasteiger partial charge >= 0.3 is 0 Å². The molecule has 6 rings (SSSR count). The second-order valence-corrected chi connectivity index (χ2v) is 10.5. The van der Waals surface area contributed by atoms with E-state index in [9.17, 15) is 15.2 Å². The number of aromatic amines is 1. The maximum atomic E-state index is 12.1. The number of hydrogen-bond donors (Lipinski definition) is 2. The van der Waals surface area contributed by atoms with Crippen LogP contribution in [0.3, 0.4) is 0 Å². The average molecular weight is 499 g/mol. The van der Waals surface area contributed by atoms with E-state index in [0.717, 1.165) is 60.9 Å². The Morgan fingerprint density at radius 1 is 1.32 bits per heavy atom. The Morgan fingerprint density at radius 2 is 2.16 bits per heavy atom. The van der Waals surface area contributed by atoms with Gasteiger partial charge in [0.25, 0.3) is 0 Å². The summed E-state index contributed by atoms with van der Waals surface area (Å²) in [5, 5.41) is 28.6. The molecule has 3 fully saturated rings. The van der Waals surface area contributed by atoms with E-state index in [1.807, 2.05) is 24.0 Å². The largest absolute Gasteiger partial charge is 0.394 e. The number of aliphatic hydroxyl groups is 1. The molecule has 3 aliphatic rings. The first-order valence-electron chi connectivity index (χ1n) is 12.8. The molecule has 37 heavy (non-hydrogen) atoms. The number of rotatable bonds is 5. The van der Waals surface area contributed by atoms with Crippen molar-refractivity contribution in [2.45, 2.75) is 32.2 Å². The van der Waals surface area contributed by atoms with E-state index in [-0.39, 0.29) is 24.0 Å². The number of amides is 1. The van der Waals surface area contributed by atoms with Crippen LogP contribution in [0.2, 0.25) is 0 Å². The lowest BCUT2D eigenvalue weighted by Crippen LogP contribution is -2.59. The second-order valence-electron chi connectivity index (χ2n) is 10.5. The molecule has 1 spiro atoms. The Balaban J connectivity index is 1.47. The molecule has 0 radical (unpaired) electrons. The third kappa shape index (κ3) is 3.73. The van der Waals surface area contributed by atoms with Gasteiger partial charge in [0.2, 0.25) is 11.9 Å². The van der Waals surface area contributed by atoms with Crippen molar-refractivity contribution in [1.82, 2.24) is 25.1 Å². The molecular formula is C27H30N8O2. The fraction of sp³-hybridized carbons (Fsp3) is 0.444. The molecular weight excluding hydrogens is 468 g/mol. The lowest BCUT2D eigenvalue weighted by molar-refractivity contribution is -0.136. The number of aromatic nitrogens is 4. The maximum absolute atomic E-state index is 12.1. The van der Waals surface area contributed by atoms with Crippen molar-refractivity contribution in [3.8, 4) is 17.3 Å². The minimum absolute atomic E-state index is 0.00155. The van der Waals surface area contributed by atoms with Crippen LogP contribution in [0.25, 0.3) is 22.2 Å². The Labute approximate surface area is 215 Å². The summed E-state index contributed by atoms with van der Waals surface area (Å²) in [4.78, 5) is 28.1. The minimum Gasteiger partial charge on any atom is -0.394 e. The van der Waals surface area contributed by atoms with Gasteiger partial charge in [-0.3, -0.25) is 9.89 Å². The monoisotopic (exact) mass is 498 g/mol. The van der Waals surface area contributed by atoms with Gasteiger partial charge in [-0.1, -0.05) is 12.6 Å². The first-order valence-corrected chi connectivity index (χ1v) is 12.8. The molecule has 0 bridgehead atoms. The topological polar surface area (TPSA) is 125 Å². The number of nitriles is 1. The number of carbonyl (C=O) groups is 1. The van der Waals surface area contributed by atoms with Crippen LogP contribution in [-0.2, 0) is 4.79 Å². The van der Waals surface area contributed by atoms with Gasteiger partial charge in [-0.25, -0.2) is 4.98 Å². The van der Waals surface area contributed by atoms with Gasteiger partial charge < -0.3 is 19.8 Å². The van der Waals surface area contributed by atoms with Crippen LogP contribution in [0.1, 0.15) is 30.4 Å². The summed E-state index contributed by atoms with van der Waals surface area (Å²) in [5.41, 5.74) is 3.77. The number of aryl methyl sites for hydroxylation is 1. The number of nitrogens with zero attached hydrogens (tertiary/aromatic N) is 7. The Morgan fingerprint density at radius 3 is 2.92 bits per heavy atom. The summed E-state index contributed by atoms with van der Waals surface area (Å²) in [6.07, 6.45) is 5.89. The zero-order valence-electron chi connectivity index (χ0n) is 20.9. The molecule has 0 aliphatic carbocycles. The fourth-order valence-corrected chi connectivity index (χ4v) is 6.23. The van der Waals surface area contributed by atoms with Crippen molar-refractivity contribution >= 4 is 28.6 Å². The summed E-state index contributed by atoms with van der Waals surface area (Å²) in [6, 6.07) is 6.37. The van der Waals surface area contributed by atoms with Crippen LogP contribution >= 0.6 is 0 Å².